The molecule has 2 rings (SSSR count). The maximum Gasteiger partial charge on any atom is 0.810 e. The maximum atomic E-state index is 12.8. The number of amides is 1. The van der Waals surface area contributed by atoms with Gasteiger partial charge in [0.2, 0.25) is 0 Å². The van der Waals surface area contributed by atoms with E-state index >= 15 is 0 Å². The molecule has 150 valence electrons. The smallest absolute Gasteiger partial charge is 0.287 e. The van der Waals surface area contributed by atoms with Crippen LogP contribution in [-0.4, -0.2) is 6.09 Å². The van der Waals surface area contributed by atoms with Crippen LogP contribution in [-0.2, 0) is 21.4 Å². The molecule has 0 aromatic heterocycles. The predicted molar refractivity (Wildman–Crippen MR) is 86.2 cm³/mol. The van der Waals surface area contributed by atoms with Crippen molar-refractivity contribution in [3.63, 3.8) is 0 Å². The number of rotatable bonds is 4. The fourth-order valence-electron chi connectivity index (χ4n) is 1.84. The number of alkyl halides is 6. The summed E-state index contributed by atoms with van der Waals surface area (Å²) < 4.78 is 97.2. The van der Waals surface area contributed by atoms with Gasteiger partial charge in [-0.15, -0.1) is 0 Å². The first kappa shape index (κ1) is 21.8. The van der Waals surface area contributed by atoms with Crippen LogP contribution in [0.2, 0.25) is 5.02 Å². The molecule has 1 unspecified atom stereocenters. The van der Waals surface area contributed by atoms with Crippen molar-refractivity contribution in [2.75, 3.05) is 5.32 Å². The number of hydrogen-bond acceptors (Lipinski definition) is 4. The third kappa shape index (κ3) is 6.28. The number of benzene rings is 2. The molecule has 28 heavy (non-hydrogen) atoms. The molecule has 1 N–H and O–H groups in total. The highest BCUT2D eigenvalue weighted by molar-refractivity contribution is 7.34. The number of anilines is 1. The van der Waals surface area contributed by atoms with E-state index in [-0.39, 0.29) is 23.9 Å². The highest BCUT2D eigenvalue weighted by Crippen LogP contribution is 2.38. The summed E-state index contributed by atoms with van der Waals surface area (Å²) in [5, 5.41) is 1.99. The van der Waals surface area contributed by atoms with Gasteiger partial charge in [-0.1, -0.05) is 11.6 Å². The van der Waals surface area contributed by atoms with Crippen molar-refractivity contribution in [3.8, 4) is 5.75 Å². The third-order valence-electron chi connectivity index (χ3n) is 2.99. The van der Waals surface area contributed by atoms with Gasteiger partial charge in [0.15, 0.2) is 5.75 Å². The Balaban J connectivity index is 2.12. The number of nitrogens with one attached hydrogen (secondary N) is 1. The maximum absolute atomic E-state index is 12.8. The lowest BCUT2D eigenvalue weighted by atomic mass is 10.1. The Bertz CT molecular complexity index is 853. The van der Waals surface area contributed by atoms with E-state index in [2.05, 4.69) is 4.52 Å². The number of halogens is 7. The molecule has 0 radical (unpaired) electrons. The first-order valence-electron chi connectivity index (χ1n) is 7.04. The van der Waals surface area contributed by atoms with Gasteiger partial charge >= 0.3 is 26.7 Å². The number of hydrogen-bond donors (Lipinski definition) is 1. The van der Waals surface area contributed by atoms with Crippen LogP contribution in [0.5, 0.6) is 5.75 Å². The lowest BCUT2D eigenvalue weighted by Crippen LogP contribution is -2.15. The van der Waals surface area contributed by atoms with Crippen LogP contribution in [0.25, 0.3) is 0 Å². The minimum atomic E-state index is -5.09. The topological polar surface area (TPSA) is 64.6 Å². The van der Waals surface area contributed by atoms with Gasteiger partial charge in [0.25, 0.3) is 0 Å². The standard InChI is InChI=1S/C15H7ClF6NO4P/c16-10-1-3-12(4-2-10)26-28(25)27-13(24)23-11-6-8(14(17,18)19)5-9(7-11)15(20,21)22/h1-7H/p+1. The zero-order valence-electron chi connectivity index (χ0n) is 13.3. The van der Waals surface area contributed by atoms with Crippen molar-refractivity contribution in [1.82, 2.24) is 0 Å². The quantitative estimate of drug-likeness (QED) is 0.421. The molecule has 13 heteroatoms. The molecule has 0 heterocycles. The van der Waals surface area contributed by atoms with Crippen molar-refractivity contribution >= 4 is 31.6 Å². The fraction of sp³-hybridized carbons (Fsp3) is 0.133. The molecule has 2 aromatic carbocycles. The van der Waals surface area contributed by atoms with Gasteiger partial charge < -0.3 is 0 Å². The van der Waals surface area contributed by atoms with Gasteiger partial charge in [-0.25, -0.2) is 9.32 Å². The van der Waals surface area contributed by atoms with Crippen LogP contribution in [0.3, 0.4) is 0 Å². The third-order valence-corrected chi connectivity index (χ3v) is 3.91. The molecular weight excluding hydrogens is 439 g/mol. The van der Waals surface area contributed by atoms with E-state index in [0.717, 1.165) is 0 Å². The van der Waals surface area contributed by atoms with E-state index in [1.807, 2.05) is 0 Å². The van der Waals surface area contributed by atoms with Gasteiger partial charge in [-0.3, -0.25) is 5.32 Å². The van der Waals surface area contributed by atoms with Crippen LogP contribution < -0.4 is 9.84 Å². The summed E-state index contributed by atoms with van der Waals surface area (Å²) in [4.78, 5) is 11.6. The first-order chi connectivity index (χ1) is 12.8. The Morgan fingerprint density at radius 3 is 1.89 bits per heavy atom. The summed E-state index contributed by atoms with van der Waals surface area (Å²) in [6.45, 7) is 0. The summed E-state index contributed by atoms with van der Waals surface area (Å²) >= 11 is 5.63. The average molecular weight is 447 g/mol. The Morgan fingerprint density at radius 2 is 1.43 bits per heavy atom. The first-order valence-corrected chi connectivity index (χ1v) is 8.51. The molecule has 0 aliphatic carbocycles. The molecule has 0 spiro atoms. The summed E-state index contributed by atoms with van der Waals surface area (Å²) in [7, 11) is -3.11. The zero-order valence-corrected chi connectivity index (χ0v) is 14.9. The van der Waals surface area contributed by atoms with Gasteiger partial charge in [0.05, 0.1) is 11.1 Å². The van der Waals surface area contributed by atoms with Gasteiger partial charge in [0.1, 0.15) is 0 Å². The number of carbonyl (C=O) groups is 1. The van der Waals surface area contributed by atoms with E-state index in [1.54, 1.807) is 5.32 Å². The van der Waals surface area contributed by atoms with Crippen molar-refractivity contribution in [3.05, 3.63) is 58.6 Å². The number of carbonyl (C=O) groups excluding carboxylic acids is 1. The lowest BCUT2D eigenvalue weighted by molar-refractivity contribution is -0.143. The van der Waals surface area contributed by atoms with Crippen LogP contribution in [0, 0.1) is 0 Å². The molecule has 0 aliphatic rings. The summed E-state index contributed by atoms with van der Waals surface area (Å²) in [5.41, 5.74) is -4.14. The predicted octanol–water partition coefficient (Wildman–Crippen LogP) is 6.66. The van der Waals surface area contributed by atoms with Crippen molar-refractivity contribution in [2.45, 2.75) is 12.4 Å². The van der Waals surface area contributed by atoms with Crippen molar-refractivity contribution < 1.29 is 44.7 Å². The van der Waals surface area contributed by atoms with Crippen LogP contribution >= 0.6 is 19.9 Å². The molecule has 0 fully saturated rings. The minimum Gasteiger partial charge on any atom is -0.287 e. The fourth-order valence-corrected chi connectivity index (χ4v) is 2.47. The van der Waals surface area contributed by atoms with E-state index in [0.29, 0.717) is 5.02 Å². The molecule has 0 saturated carbocycles. The molecule has 1 amide bonds. The van der Waals surface area contributed by atoms with E-state index in [1.165, 1.54) is 24.3 Å². The average Bonchev–Trinajstić information content (AvgIpc) is 2.55. The van der Waals surface area contributed by atoms with Crippen LogP contribution in [0.1, 0.15) is 11.1 Å². The molecule has 1 atom stereocenters. The van der Waals surface area contributed by atoms with Gasteiger partial charge in [-0.2, -0.15) is 30.9 Å². The van der Waals surface area contributed by atoms with E-state index in [4.69, 9.17) is 16.1 Å². The normalized spacial score (nSPS) is 12.3. The van der Waals surface area contributed by atoms with Gasteiger partial charge in [-0.05, 0) is 42.5 Å². The molecule has 0 aliphatic heterocycles. The highest BCUT2D eigenvalue weighted by Gasteiger charge is 2.37. The second-order valence-corrected chi connectivity index (χ2v) is 6.32. The van der Waals surface area contributed by atoms with Crippen molar-refractivity contribution in [2.24, 2.45) is 0 Å². The van der Waals surface area contributed by atoms with Crippen molar-refractivity contribution in [1.29, 1.82) is 0 Å². The van der Waals surface area contributed by atoms with Crippen LogP contribution in [0.15, 0.2) is 42.5 Å². The molecule has 2 aromatic rings. The summed E-state index contributed by atoms with van der Waals surface area (Å²) in [6.07, 6.45) is -11.8. The SMILES string of the molecule is O=C(Nc1cc(C(F)(F)F)cc(C(F)(F)F)c1)O[P+](=O)Oc1ccc(Cl)cc1. The Morgan fingerprint density at radius 1 is 0.929 bits per heavy atom. The molecule has 0 bridgehead atoms. The second kappa shape index (κ2) is 8.24. The Kier molecular flexibility index (Phi) is 6.41. The van der Waals surface area contributed by atoms with Crippen LogP contribution in [0.4, 0.5) is 36.8 Å². The molecule has 0 saturated heterocycles. The monoisotopic (exact) mass is 446 g/mol. The zero-order chi connectivity index (χ0) is 21.1. The molecular formula is C15H8ClF6NO4P+. The van der Waals surface area contributed by atoms with Gasteiger partial charge in [0, 0.05) is 15.3 Å². The minimum absolute atomic E-state index is 0.00302. The highest BCUT2D eigenvalue weighted by atomic mass is 35.5. The summed E-state index contributed by atoms with van der Waals surface area (Å²) in [5.74, 6) is -0.00302. The van der Waals surface area contributed by atoms with E-state index < -0.39 is 43.5 Å². The largest absolute Gasteiger partial charge is 0.810 e. The lowest BCUT2D eigenvalue weighted by Gasteiger charge is -2.13. The Hall–Kier alpha value is -2.52. The van der Waals surface area contributed by atoms with E-state index in [9.17, 15) is 35.7 Å². The Labute approximate surface area is 159 Å². The second-order valence-electron chi connectivity index (χ2n) is 5.07. The molecule has 5 nitrogen and oxygen atoms in total. The summed E-state index contributed by atoms with van der Waals surface area (Å²) in [6, 6.07) is 5.76.